The van der Waals surface area contributed by atoms with Crippen molar-refractivity contribution in [2.45, 2.75) is 50.3 Å². The third-order valence-corrected chi connectivity index (χ3v) is 8.12. The number of nitrogens with one attached hydrogen (secondary N) is 1. The summed E-state index contributed by atoms with van der Waals surface area (Å²) < 4.78 is 0. The van der Waals surface area contributed by atoms with Gasteiger partial charge in [-0.15, -0.1) is 11.8 Å². The number of aryl methyl sites for hydroxylation is 1. The quantitative estimate of drug-likeness (QED) is 0.655. The zero-order chi connectivity index (χ0) is 22.7. The third kappa shape index (κ3) is 5.09. The molecule has 1 aliphatic heterocycles. The minimum atomic E-state index is -0.0302. The molecule has 5 heteroatoms. The Bertz CT molecular complexity index is 1000. The van der Waals surface area contributed by atoms with Gasteiger partial charge in [-0.25, -0.2) is 0 Å². The summed E-state index contributed by atoms with van der Waals surface area (Å²) in [6.45, 7) is 4.84. The van der Waals surface area contributed by atoms with Crippen molar-refractivity contribution < 1.29 is 9.59 Å². The Morgan fingerprint density at radius 3 is 2.72 bits per heavy atom. The molecule has 2 amide bonds. The lowest BCUT2D eigenvalue weighted by atomic mass is 9.83. The van der Waals surface area contributed by atoms with E-state index in [1.807, 2.05) is 48.4 Å². The van der Waals surface area contributed by atoms with Gasteiger partial charge in [-0.3, -0.25) is 9.59 Å². The Hall–Kier alpha value is -2.53. The highest BCUT2D eigenvalue weighted by atomic mass is 32.2. The van der Waals surface area contributed by atoms with Gasteiger partial charge in [0.25, 0.3) is 5.91 Å². The molecule has 4 rings (SSSR count). The van der Waals surface area contributed by atoms with E-state index in [-0.39, 0.29) is 29.7 Å². The van der Waals surface area contributed by atoms with E-state index in [0.29, 0.717) is 11.8 Å². The van der Waals surface area contributed by atoms with Gasteiger partial charge in [-0.2, -0.15) is 0 Å². The molecule has 4 atom stereocenters. The second-order valence-electron chi connectivity index (χ2n) is 9.13. The monoisotopic (exact) mass is 448 g/mol. The zero-order valence-electron chi connectivity index (χ0n) is 19.1. The maximum atomic E-state index is 13.1. The summed E-state index contributed by atoms with van der Waals surface area (Å²) in [7, 11) is 1.89. The molecule has 1 aliphatic carbocycles. The minimum absolute atomic E-state index is 0.0302. The smallest absolute Gasteiger partial charge is 0.260 e. The van der Waals surface area contributed by atoms with Crippen LogP contribution < -0.4 is 5.32 Å². The number of carbonyl (C=O) groups is 2. The molecule has 2 fully saturated rings. The summed E-state index contributed by atoms with van der Waals surface area (Å²) in [5.74, 6) is 0.437. The number of carbonyl (C=O) groups excluding carboxylic acids is 2. The maximum Gasteiger partial charge on any atom is 0.260 e. The summed E-state index contributed by atoms with van der Waals surface area (Å²) in [5, 5.41) is 3.51. The fourth-order valence-corrected chi connectivity index (χ4v) is 6.22. The Balaban J connectivity index is 1.37. The van der Waals surface area contributed by atoms with Crippen LogP contribution in [0.4, 0.5) is 0 Å². The zero-order valence-corrected chi connectivity index (χ0v) is 19.9. The van der Waals surface area contributed by atoms with Gasteiger partial charge < -0.3 is 10.2 Å². The van der Waals surface area contributed by atoms with Crippen LogP contribution >= 0.6 is 11.8 Å². The molecule has 1 saturated heterocycles. The molecule has 168 valence electrons. The van der Waals surface area contributed by atoms with E-state index in [1.165, 1.54) is 11.1 Å². The molecule has 1 saturated carbocycles. The molecule has 0 radical (unpaired) electrons. The highest BCUT2D eigenvalue weighted by molar-refractivity contribution is 8.04. The van der Waals surface area contributed by atoms with Crippen LogP contribution in [0.5, 0.6) is 0 Å². The van der Waals surface area contributed by atoms with Crippen LogP contribution in [0.15, 0.2) is 59.5 Å². The molecule has 2 aromatic rings. The van der Waals surface area contributed by atoms with E-state index in [4.69, 9.17) is 0 Å². The molecular weight excluding hydrogens is 416 g/mol. The molecule has 4 nitrogen and oxygen atoms in total. The van der Waals surface area contributed by atoms with Crippen molar-refractivity contribution in [2.75, 3.05) is 13.6 Å². The summed E-state index contributed by atoms with van der Waals surface area (Å²) in [6.07, 6.45) is 4.57. The molecule has 0 aromatic heterocycles. The van der Waals surface area contributed by atoms with Gasteiger partial charge in [0.2, 0.25) is 5.91 Å². The second-order valence-corrected chi connectivity index (χ2v) is 10.4. The lowest BCUT2D eigenvalue weighted by Gasteiger charge is -2.44. The molecule has 0 spiro atoms. The van der Waals surface area contributed by atoms with E-state index < -0.39 is 0 Å². The number of benzene rings is 2. The summed E-state index contributed by atoms with van der Waals surface area (Å²) in [5.41, 5.74) is 3.48. The predicted octanol–water partition coefficient (Wildman–Crippen LogP) is 5.00. The number of hydrogen-bond donors (Lipinski definition) is 1. The SMILES string of the molecule is Cc1cccc(/C=C2/SC3CCC(C(=O)NCC(C)c4ccccc4)CC3N(C)C2=O)c1. The summed E-state index contributed by atoms with van der Waals surface area (Å²) in [4.78, 5) is 28.6. The van der Waals surface area contributed by atoms with Crippen LogP contribution in [0.2, 0.25) is 0 Å². The standard InChI is InChI=1S/C27H32N2O2S/c1-18-8-7-9-20(14-18)15-25-27(31)29(3)23-16-22(12-13-24(23)32-25)26(30)28-17-19(2)21-10-5-4-6-11-21/h4-11,14-15,19,22-24H,12-13,16-17H2,1-3H3,(H,28,30)/b25-15+. The molecule has 4 unspecified atom stereocenters. The summed E-state index contributed by atoms with van der Waals surface area (Å²) in [6, 6.07) is 18.6. The van der Waals surface area contributed by atoms with Gasteiger partial charge in [0, 0.05) is 30.8 Å². The van der Waals surface area contributed by atoms with Crippen LogP contribution in [0, 0.1) is 12.8 Å². The second kappa shape index (κ2) is 9.95. The van der Waals surface area contributed by atoms with Crippen molar-refractivity contribution in [3.05, 3.63) is 76.2 Å². The van der Waals surface area contributed by atoms with Gasteiger partial charge in [-0.1, -0.05) is 67.1 Å². The van der Waals surface area contributed by atoms with Crippen molar-refractivity contribution >= 4 is 29.7 Å². The van der Waals surface area contributed by atoms with Crippen LogP contribution in [0.1, 0.15) is 48.8 Å². The summed E-state index contributed by atoms with van der Waals surface area (Å²) >= 11 is 1.70. The Morgan fingerprint density at radius 2 is 1.97 bits per heavy atom. The van der Waals surface area contributed by atoms with Crippen LogP contribution in [0.25, 0.3) is 6.08 Å². The molecule has 1 heterocycles. The molecule has 1 N–H and O–H groups in total. The van der Waals surface area contributed by atoms with Gasteiger partial charge in [0.15, 0.2) is 0 Å². The van der Waals surface area contributed by atoms with E-state index in [2.05, 4.69) is 43.4 Å². The van der Waals surface area contributed by atoms with Crippen molar-refractivity contribution in [3.8, 4) is 0 Å². The van der Waals surface area contributed by atoms with Gasteiger partial charge in [0.1, 0.15) is 0 Å². The molecule has 0 bridgehead atoms. The van der Waals surface area contributed by atoms with Gasteiger partial charge >= 0.3 is 0 Å². The lowest BCUT2D eigenvalue weighted by molar-refractivity contribution is -0.131. The molecule has 2 aromatic carbocycles. The molecule has 2 aliphatic rings. The van der Waals surface area contributed by atoms with Crippen LogP contribution in [-0.2, 0) is 9.59 Å². The first kappa shape index (κ1) is 22.7. The van der Waals surface area contributed by atoms with Crippen molar-refractivity contribution in [1.29, 1.82) is 0 Å². The van der Waals surface area contributed by atoms with E-state index in [0.717, 1.165) is 29.7 Å². The Labute approximate surface area is 195 Å². The number of hydrogen-bond acceptors (Lipinski definition) is 3. The van der Waals surface area contributed by atoms with Gasteiger partial charge in [0.05, 0.1) is 4.91 Å². The first-order chi connectivity index (χ1) is 15.4. The number of thioether (sulfide) groups is 1. The number of likely N-dealkylation sites (N-methyl/N-ethyl adjacent to an activating group) is 1. The van der Waals surface area contributed by atoms with E-state index >= 15 is 0 Å². The number of nitrogens with zero attached hydrogens (tertiary/aromatic N) is 1. The van der Waals surface area contributed by atoms with Crippen LogP contribution in [-0.4, -0.2) is 41.6 Å². The lowest BCUT2D eigenvalue weighted by Crippen LogP contribution is -2.52. The number of fused-ring (bicyclic) bond motifs is 1. The maximum absolute atomic E-state index is 13.1. The van der Waals surface area contributed by atoms with Gasteiger partial charge in [-0.05, 0) is 49.3 Å². The van der Waals surface area contributed by atoms with E-state index in [1.54, 1.807) is 11.8 Å². The highest BCUT2D eigenvalue weighted by Crippen LogP contribution is 2.43. The third-order valence-electron chi connectivity index (χ3n) is 6.72. The predicted molar refractivity (Wildman–Crippen MR) is 132 cm³/mol. The number of amides is 2. The Morgan fingerprint density at radius 1 is 1.19 bits per heavy atom. The van der Waals surface area contributed by atoms with Crippen LogP contribution in [0.3, 0.4) is 0 Å². The molecule has 32 heavy (non-hydrogen) atoms. The highest BCUT2D eigenvalue weighted by Gasteiger charge is 2.42. The largest absolute Gasteiger partial charge is 0.355 e. The normalized spacial score (nSPS) is 25.3. The van der Waals surface area contributed by atoms with Crippen molar-refractivity contribution in [3.63, 3.8) is 0 Å². The average Bonchev–Trinajstić information content (AvgIpc) is 2.81. The molecular formula is C27H32N2O2S. The van der Waals surface area contributed by atoms with Crippen molar-refractivity contribution in [1.82, 2.24) is 10.2 Å². The average molecular weight is 449 g/mol. The minimum Gasteiger partial charge on any atom is -0.355 e. The topological polar surface area (TPSA) is 49.4 Å². The van der Waals surface area contributed by atoms with E-state index in [9.17, 15) is 9.59 Å². The first-order valence-electron chi connectivity index (χ1n) is 11.5. The first-order valence-corrected chi connectivity index (χ1v) is 12.3. The fourth-order valence-electron chi connectivity index (χ4n) is 4.74. The number of rotatable bonds is 5. The van der Waals surface area contributed by atoms with Crippen molar-refractivity contribution in [2.24, 2.45) is 5.92 Å². The fraction of sp³-hybridized carbons (Fsp3) is 0.407. The Kier molecular flexibility index (Phi) is 7.04.